The van der Waals surface area contributed by atoms with E-state index in [0.29, 0.717) is 6.04 Å². The van der Waals surface area contributed by atoms with Crippen LogP contribution in [-0.4, -0.2) is 41.8 Å². The molecule has 0 bridgehead atoms. The van der Waals surface area contributed by atoms with Crippen LogP contribution in [0.15, 0.2) is 18.2 Å². The van der Waals surface area contributed by atoms with Gasteiger partial charge in [0.25, 0.3) is 0 Å². The summed E-state index contributed by atoms with van der Waals surface area (Å²) in [6, 6.07) is 6.59. The number of rotatable bonds is 3. The summed E-state index contributed by atoms with van der Waals surface area (Å²) >= 11 is 1.49. The minimum Gasteiger partial charge on any atom is -0.367 e. The van der Waals surface area contributed by atoms with Crippen LogP contribution < -0.4 is 5.32 Å². The van der Waals surface area contributed by atoms with E-state index in [-0.39, 0.29) is 5.78 Å². The van der Waals surface area contributed by atoms with Crippen LogP contribution in [0.4, 0.5) is 5.82 Å². The average Bonchev–Trinajstić information content (AvgIpc) is 3.13. The molecule has 4 nitrogen and oxygen atoms in total. The number of likely N-dealkylation sites (tertiary alicyclic amines) is 1. The van der Waals surface area contributed by atoms with Gasteiger partial charge in [0.2, 0.25) is 0 Å². The van der Waals surface area contributed by atoms with Crippen molar-refractivity contribution in [3.8, 4) is 0 Å². The van der Waals surface area contributed by atoms with E-state index in [1.807, 2.05) is 12.1 Å². The van der Waals surface area contributed by atoms with Gasteiger partial charge < -0.3 is 10.2 Å². The number of hydrogen-bond donors (Lipinski definition) is 1. The van der Waals surface area contributed by atoms with Crippen LogP contribution in [0, 0.1) is 11.8 Å². The van der Waals surface area contributed by atoms with Crippen molar-refractivity contribution in [3.63, 3.8) is 0 Å². The van der Waals surface area contributed by atoms with Crippen LogP contribution in [-0.2, 0) is 0 Å². The van der Waals surface area contributed by atoms with Crippen LogP contribution in [0.3, 0.4) is 0 Å². The van der Waals surface area contributed by atoms with Gasteiger partial charge in [0.05, 0.1) is 4.88 Å². The van der Waals surface area contributed by atoms with Gasteiger partial charge in [-0.15, -0.1) is 11.3 Å². The zero-order chi connectivity index (χ0) is 15.3. The summed E-state index contributed by atoms with van der Waals surface area (Å²) in [4.78, 5) is 20.4. The third-order valence-electron chi connectivity index (χ3n) is 5.10. The fourth-order valence-electron chi connectivity index (χ4n) is 4.03. The predicted molar refractivity (Wildman–Crippen MR) is 90.7 cm³/mol. The smallest absolute Gasteiger partial charge is 0.169 e. The number of aromatic nitrogens is 1. The van der Waals surface area contributed by atoms with Crippen molar-refractivity contribution in [3.05, 3.63) is 23.1 Å². The van der Waals surface area contributed by atoms with E-state index in [9.17, 15) is 4.79 Å². The summed E-state index contributed by atoms with van der Waals surface area (Å²) in [7, 11) is 2.22. The second kappa shape index (κ2) is 5.32. The van der Waals surface area contributed by atoms with Crippen LogP contribution in [0.1, 0.15) is 29.4 Å². The van der Waals surface area contributed by atoms with Crippen LogP contribution in [0.2, 0.25) is 0 Å². The van der Waals surface area contributed by atoms with Gasteiger partial charge in [-0.1, -0.05) is 0 Å². The lowest BCUT2D eigenvalue weighted by Crippen LogP contribution is -2.28. The zero-order valence-corrected chi connectivity index (χ0v) is 13.8. The molecule has 1 aliphatic heterocycles. The molecule has 116 valence electrons. The largest absolute Gasteiger partial charge is 0.367 e. The first-order chi connectivity index (χ1) is 10.6. The molecule has 1 saturated carbocycles. The molecule has 4 rings (SSSR count). The molecule has 22 heavy (non-hydrogen) atoms. The maximum absolute atomic E-state index is 11.5. The highest BCUT2D eigenvalue weighted by molar-refractivity contribution is 7.20. The summed E-state index contributed by atoms with van der Waals surface area (Å²) in [5, 5.41) is 4.71. The molecule has 0 amide bonds. The number of hydrogen-bond acceptors (Lipinski definition) is 5. The first-order valence-electron chi connectivity index (χ1n) is 7.97. The van der Waals surface area contributed by atoms with Gasteiger partial charge in [-0.05, 0) is 56.8 Å². The fraction of sp³-hybridized carbons (Fsp3) is 0.529. The van der Waals surface area contributed by atoms with E-state index < -0.39 is 0 Å². The van der Waals surface area contributed by atoms with Gasteiger partial charge in [0.1, 0.15) is 10.6 Å². The van der Waals surface area contributed by atoms with Crippen molar-refractivity contribution in [2.75, 3.05) is 25.5 Å². The van der Waals surface area contributed by atoms with Crippen molar-refractivity contribution in [1.29, 1.82) is 0 Å². The summed E-state index contributed by atoms with van der Waals surface area (Å²) < 4.78 is 0. The number of pyridine rings is 1. The van der Waals surface area contributed by atoms with E-state index in [0.717, 1.165) is 32.7 Å². The Morgan fingerprint density at radius 3 is 3.05 bits per heavy atom. The van der Waals surface area contributed by atoms with Gasteiger partial charge in [-0.2, -0.15) is 0 Å². The van der Waals surface area contributed by atoms with Crippen LogP contribution in [0.5, 0.6) is 0 Å². The Bertz CT molecular complexity index is 726. The number of nitrogens with one attached hydrogen (secondary N) is 1. The van der Waals surface area contributed by atoms with Crippen molar-refractivity contribution < 1.29 is 4.79 Å². The molecule has 5 heteroatoms. The van der Waals surface area contributed by atoms with Crippen molar-refractivity contribution in [2.24, 2.45) is 11.8 Å². The molecular weight excluding hydrogens is 294 g/mol. The first kappa shape index (κ1) is 14.2. The van der Waals surface area contributed by atoms with Gasteiger partial charge in [-0.3, -0.25) is 4.79 Å². The molecule has 1 N–H and O–H groups in total. The second-order valence-corrected chi connectivity index (χ2v) is 7.76. The van der Waals surface area contributed by atoms with Gasteiger partial charge >= 0.3 is 0 Å². The van der Waals surface area contributed by atoms with Crippen molar-refractivity contribution in [1.82, 2.24) is 9.88 Å². The quantitative estimate of drug-likeness (QED) is 0.883. The number of carbonyl (C=O) groups is 1. The fourth-order valence-corrected chi connectivity index (χ4v) is 4.96. The highest BCUT2D eigenvalue weighted by Crippen LogP contribution is 2.39. The number of ketones is 1. The number of thiophene rings is 1. The van der Waals surface area contributed by atoms with Crippen molar-refractivity contribution in [2.45, 2.75) is 25.8 Å². The molecule has 3 atom stereocenters. The normalized spacial score (nSPS) is 28.2. The molecule has 1 aliphatic carbocycles. The number of carbonyl (C=O) groups excluding carboxylic acids is 1. The average molecular weight is 315 g/mol. The van der Waals surface area contributed by atoms with Gasteiger partial charge in [0.15, 0.2) is 5.78 Å². The standard InChI is InChI=1S/C17H21N3OS/c1-10(21)15-7-11-4-6-16(19-17(11)22-15)18-14-5-3-12-8-20(2)9-13(12)14/h4,6-7,12-14H,3,5,8-9H2,1-2H3,(H,18,19). The molecule has 2 fully saturated rings. The van der Waals surface area contributed by atoms with Crippen LogP contribution in [0.25, 0.3) is 10.2 Å². The lowest BCUT2D eigenvalue weighted by Gasteiger charge is -2.20. The van der Waals surface area contributed by atoms with Crippen LogP contribution >= 0.6 is 11.3 Å². The Kier molecular flexibility index (Phi) is 3.42. The number of nitrogens with zero attached hydrogens (tertiary/aromatic N) is 2. The number of fused-ring (bicyclic) bond motifs is 2. The summed E-state index contributed by atoms with van der Waals surface area (Å²) in [6.45, 7) is 4.04. The maximum atomic E-state index is 11.5. The monoisotopic (exact) mass is 315 g/mol. The molecule has 0 radical (unpaired) electrons. The summed E-state index contributed by atoms with van der Waals surface area (Å²) in [6.07, 6.45) is 2.56. The second-order valence-electron chi connectivity index (χ2n) is 6.73. The Hall–Kier alpha value is -1.46. The molecule has 3 unspecified atom stereocenters. The lowest BCUT2D eigenvalue weighted by molar-refractivity contribution is 0.102. The molecule has 3 heterocycles. The molecule has 2 aromatic heterocycles. The highest BCUT2D eigenvalue weighted by Gasteiger charge is 2.41. The van der Waals surface area contributed by atoms with E-state index in [1.165, 1.54) is 37.3 Å². The SMILES string of the molecule is CC(=O)c1cc2ccc(NC3CCC4CN(C)CC43)nc2s1. The van der Waals surface area contributed by atoms with Crippen molar-refractivity contribution >= 4 is 33.2 Å². The zero-order valence-electron chi connectivity index (χ0n) is 13.0. The Labute approximate surface area is 134 Å². The van der Waals surface area contributed by atoms with E-state index in [1.54, 1.807) is 6.92 Å². The third-order valence-corrected chi connectivity index (χ3v) is 6.25. The van der Waals surface area contributed by atoms with E-state index in [2.05, 4.69) is 23.3 Å². The predicted octanol–water partition coefficient (Wildman–Crippen LogP) is 3.25. The topological polar surface area (TPSA) is 45.2 Å². The minimum absolute atomic E-state index is 0.116. The maximum Gasteiger partial charge on any atom is 0.169 e. The molecule has 0 aromatic carbocycles. The third kappa shape index (κ3) is 2.42. The first-order valence-corrected chi connectivity index (χ1v) is 8.78. The molecule has 2 aliphatic rings. The molecule has 1 saturated heterocycles. The van der Waals surface area contributed by atoms with E-state index in [4.69, 9.17) is 4.98 Å². The summed E-state index contributed by atoms with van der Waals surface area (Å²) in [5.74, 6) is 2.66. The lowest BCUT2D eigenvalue weighted by atomic mass is 9.98. The molecular formula is C17H21N3OS. The number of Topliss-reactive ketones (excluding diaryl/α,β-unsaturated/α-hetero) is 1. The van der Waals surface area contributed by atoms with Gasteiger partial charge in [-0.25, -0.2) is 4.98 Å². The Morgan fingerprint density at radius 2 is 2.23 bits per heavy atom. The van der Waals surface area contributed by atoms with Gasteiger partial charge in [0, 0.05) is 24.5 Å². The minimum atomic E-state index is 0.116. The number of anilines is 1. The Morgan fingerprint density at radius 1 is 1.36 bits per heavy atom. The summed E-state index contributed by atoms with van der Waals surface area (Å²) in [5.41, 5.74) is 0. The Balaban J connectivity index is 1.55. The van der Waals surface area contributed by atoms with E-state index >= 15 is 0 Å². The highest BCUT2D eigenvalue weighted by atomic mass is 32.1. The molecule has 2 aromatic rings. The molecule has 0 spiro atoms.